The number of hydrogen-bond acceptors (Lipinski definition) is 3. The molecular weight excluding hydrogens is 472 g/mol. The zero-order valence-corrected chi connectivity index (χ0v) is 13.9. The lowest BCUT2D eigenvalue weighted by Crippen LogP contribution is -2.57. The molecule has 0 aliphatic rings. The second-order valence-corrected chi connectivity index (χ2v) is 5.30. The molecule has 160 valence electrons. The zero-order valence-electron chi connectivity index (χ0n) is 12.4. The van der Waals surface area contributed by atoms with E-state index >= 15 is 0 Å². The van der Waals surface area contributed by atoms with E-state index in [2.05, 4.69) is 9.47 Å². The van der Waals surface area contributed by atoms with Crippen LogP contribution in [0.5, 0.6) is 5.75 Å². The number of halogens is 13. The minimum Gasteiger partial charge on any atom is -0.427 e. The van der Waals surface area contributed by atoms with Crippen LogP contribution in [0.25, 0.3) is 0 Å². The molecule has 0 atom stereocenters. The second kappa shape index (κ2) is 7.99. The van der Waals surface area contributed by atoms with E-state index in [0.29, 0.717) is 6.07 Å². The average Bonchev–Trinajstić information content (AvgIpc) is 2.47. The van der Waals surface area contributed by atoms with Crippen LogP contribution >= 0.6 is 23.2 Å². The highest BCUT2D eigenvalue weighted by Crippen LogP contribution is 2.50. The van der Waals surface area contributed by atoms with Gasteiger partial charge in [0.05, 0.1) is 10.0 Å². The molecule has 0 radical (unpaired) electrons. The first-order valence-electron chi connectivity index (χ1n) is 6.17. The van der Waals surface area contributed by atoms with Crippen molar-refractivity contribution in [1.82, 2.24) is 0 Å². The first-order chi connectivity index (χ1) is 12.4. The molecule has 16 heteroatoms. The van der Waals surface area contributed by atoms with E-state index in [9.17, 15) is 48.3 Å². The summed E-state index contributed by atoms with van der Waals surface area (Å²) in [5, 5.41) is -0.428. The lowest BCUT2D eigenvalue weighted by atomic mass is 10.3. The van der Waals surface area contributed by atoms with Gasteiger partial charge in [0, 0.05) is 6.07 Å². The molecule has 1 aromatic carbocycles. The van der Waals surface area contributed by atoms with E-state index < -0.39 is 42.3 Å². The summed E-state index contributed by atoms with van der Waals surface area (Å²) in [6.07, 6.45) is -20.1. The predicted molar refractivity (Wildman–Crippen MR) is 69.4 cm³/mol. The molecule has 0 saturated heterocycles. The summed E-state index contributed by atoms with van der Waals surface area (Å²) in [5.41, 5.74) is 0. The van der Waals surface area contributed by atoms with Crippen molar-refractivity contribution < 1.29 is 62.5 Å². The third-order valence-electron chi connectivity index (χ3n) is 2.45. The summed E-state index contributed by atoms with van der Waals surface area (Å²) >= 11 is 10.9. The van der Waals surface area contributed by atoms with Crippen LogP contribution in [0.15, 0.2) is 30.2 Å². The number of alkyl halides is 9. The van der Waals surface area contributed by atoms with Gasteiger partial charge in [0.2, 0.25) is 0 Å². The smallest absolute Gasteiger partial charge is 0.427 e. The monoisotopic (exact) mass is 474 g/mol. The van der Waals surface area contributed by atoms with Gasteiger partial charge in [0.25, 0.3) is 0 Å². The van der Waals surface area contributed by atoms with Gasteiger partial charge in [-0.2, -0.15) is 35.1 Å². The molecule has 0 amide bonds. The molecule has 0 heterocycles. The fourth-order valence-electron chi connectivity index (χ4n) is 1.28. The van der Waals surface area contributed by atoms with E-state index in [0.717, 1.165) is 12.1 Å². The van der Waals surface area contributed by atoms with Gasteiger partial charge in [0.1, 0.15) is 5.75 Å². The maximum atomic E-state index is 13.3. The minimum absolute atomic E-state index is 0.117. The van der Waals surface area contributed by atoms with Crippen LogP contribution in [-0.2, 0) is 9.47 Å². The first-order valence-corrected chi connectivity index (χ1v) is 6.93. The van der Waals surface area contributed by atoms with Gasteiger partial charge in [-0.3, -0.25) is 0 Å². The molecular formula is C12H3Cl2F11O3. The van der Waals surface area contributed by atoms with Crippen LogP contribution in [0.1, 0.15) is 0 Å². The van der Waals surface area contributed by atoms with Crippen LogP contribution < -0.4 is 4.74 Å². The molecule has 0 N–H and O–H groups in total. The standard InChI is InChI=1S/C12H3Cl2F11O3/c13-5-2-1-4(3-6(5)14)26-7(15)8(16)27-10(19,20)9(17,18)11(21,22)28-12(23,24)25/h1-3H/b8-7+. The van der Waals surface area contributed by atoms with Crippen LogP contribution in [0.3, 0.4) is 0 Å². The molecule has 0 aromatic heterocycles. The largest absolute Gasteiger partial charge is 0.527 e. The number of ether oxygens (including phenoxy) is 3. The van der Waals surface area contributed by atoms with Crippen LogP contribution in [0, 0.1) is 0 Å². The molecule has 0 fully saturated rings. The van der Waals surface area contributed by atoms with E-state index in [4.69, 9.17) is 23.2 Å². The number of benzene rings is 1. The molecule has 3 nitrogen and oxygen atoms in total. The molecule has 1 aromatic rings. The van der Waals surface area contributed by atoms with Crippen LogP contribution in [0.4, 0.5) is 48.3 Å². The fraction of sp³-hybridized carbons (Fsp3) is 0.333. The predicted octanol–water partition coefficient (Wildman–Crippen LogP) is 6.81. The molecule has 28 heavy (non-hydrogen) atoms. The van der Waals surface area contributed by atoms with Gasteiger partial charge in [-0.15, -0.1) is 13.2 Å². The summed E-state index contributed by atoms with van der Waals surface area (Å²) < 4.78 is 147. The Balaban J connectivity index is 3.07. The number of hydrogen-bond donors (Lipinski definition) is 0. The van der Waals surface area contributed by atoms with Crippen molar-refractivity contribution in [3.63, 3.8) is 0 Å². The van der Waals surface area contributed by atoms with Crippen molar-refractivity contribution in [2.24, 2.45) is 0 Å². The van der Waals surface area contributed by atoms with Crippen molar-refractivity contribution in [3.8, 4) is 5.75 Å². The lowest BCUT2D eigenvalue weighted by Gasteiger charge is -2.31. The molecule has 1 rings (SSSR count). The highest BCUT2D eigenvalue weighted by Gasteiger charge is 2.78. The normalized spacial score (nSPS) is 14.6. The summed E-state index contributed by atoms with van der Waals surface area (Å²) in [4.78, 5) is 0. The summed E-state index contributed by atoms with van der Waals surface area (Å²) in [6, 6.07) is -3.65. The van der Waals surface area contributed by atoms with E-state index in [-0.39, 0.29) is 10.0 Å². The van der Waals surface area contributed by atoms with Gasteiger partial charge in [-0.1, -0.05) is 23.2 Å². The van der Waals surface area contributed by atoms with Gasteiger partial charge >= 0.3 is 36.5 Å². The lowest BCUT2D eigenvalue weighted by molar-refractivity contribution is -0.505. The molecule has 0 bridgehead atoms. The Hall–Kier alpha value is -1.67. The third kappa shape index (κ3) is 5.67. The Morgan fingerprint density at radius 3 is 1.75 bits per heavy atom. The van der Waals surface area contributed by atoms with Crippen molar-refractivity contribution in [1.29, 1.82) is 0 Å². The fourth-order valence-corrected chi connectivity index (χ4v) is 1.57. The first kappa shape index (κ1) is 24.4. The van der Waals surface area contributed by atoms with E-state index in [1.807, 2.05) is 0 Å². The van der Waals surface area contributed by atoms with Crippen molar-refractivity contribution in [2.45, 2.75) is 24.5 Å². The van der Waals surface area contributed by atoms with Crippen molar-refractivity contribution in [3.05, 3.63) is 40.3 Å². The molecule has 0 unspecified atom stereocenters. The highest BCUT2D eigenvalue weighted by atomic mass is 35.5. The van der Waals surface area contributed by atoms with Crippen LogP contribution in [0.2, 0.25) is 10.0 Å². The number of rotatable bonds is 7. The van der Waals surface area contributed by atoms with Gasteiger partial charge in [-0.05, 0) is 12.1 Å². The quantitative estimate of drug-likeness (QED) is 0.321. The second-order valence-electron chi connectivity index (χ2n) is 4.48. The SMILES string of the molecule is F/C(Oc1ccc(Cl)c(Cl)c1)=C(/F)OC(F)(F)C(F)(F)C(F)(F)OC(F)(F)F. The van der Waals surface area contributed by atoms with Gasteiger partial charge in [0.15, 0.2) is 0 Å². The van der Waals surface area contributed by atoms with E-state index in [1.54, 1.807) is 4.74 Å². The Morgan fingerprint density at radius 1 is 0.750 bits per heavy atom. The molecule has 0 aliphatic carbocycles. The topological polar surface area (TPSA) is 27.7 Å². The van der Waals surface area contributed by atoms with Gasteiger partial charge < -0.3 is 9.47 Å². The van der Waals surface area contributed by atoms with Gasteiger partial charge in [-0.25, -0.2) is 4.74 Å². The van der Waals surface area contributed by atoms with Crippen LogP contribution in [-0.4, -0.2) is 24.5 Å². The minimum atomic E-state index is -7.10. The Labute approximate surface area is 157 Å². The molecule has 0 saturated carbocycles. The Morgan fingerprint density at radius 2 is 1.29 bits per heavy atom. The highest BCUT2D eigenvalue weighted by molar-refractivity contribution is 6.42. The van der Waals surface area contributed by atoms with E-state index in [1.165, 1.54) is 0 Å². The summed E-state index contributed by atoms with van der Waals surface area (Å²) in [7, 11) is 0. The Kier molecular flexibility index (Phi) is 6.95. The maximum absolute atomic E-state index is 13.3. The zero-order chi connectivity index (χ0) is 22.1. The van der Waals surface area contributed by atoms with Crippen molar-refractivity contribution >= 4 is 23.2 Å². The summed E-state index contributed by atoms with van der Waals surface area (Å²) in [5.74, 6) is -7.83. The Bertz CT molecular complexity index is 749. The summed E-state index contributed by atoms with van der Waals surface area (Å²) in [6.45, 7) is 0. The third-order valence-corrected chi connectivity index (χ3v) is 3.18. The molecule has 0 spiro atoms. The maximum Gasteiger partial charge on any atom is 0.527 e. The average molecular weight is 475 g/mol. The molecule has 0 aliphatic heterocycles. The van der Waals surface area contributed by atoms with Crippen molar-refractivity contribution in [2.75, 3.05) is 0 Å².